The molecule has 0 aliphatic carbocycles. The number of fused-ring (bicyclic) bond motifs is 1. The molecule has 4 nitrogen and oxygen atoms in total. The molecule has 1 amide bonds. The average Bonchev–Trinajstić information content (AvgIpc) is 3.05. The average molecular weight is 377 g/mol. The molecule has 1 heterocycles. The minimum Gasteiger partial charge on any atom is -0.436 e. The van der Waals surface area contributed by atoms with E-state index in [4.69, 9.17) is 16.0 Å². The lowest BCUT2D eigenvalue weighted by Gasteiger charge is -2.06. The number of hydrogen-bond acceptors (Lipinski definition) is 3. The van der Waals surface area contributed by atoms with E-state index in [1.807, 2.05) is 43.3 Å². The molecule has 0 saturated heterocycles. The summed E-state index contributed by atoms with van der Waals surface area (Å²) < 4.78 is 5.91. The number of aryl methyl sites for hydroxylation is 2. The lowest BCUT2D eigenvalue weighted by atomic mass is 10.1. The zero-order valence-electron chi connectivity index (χ0n) is 14.9. The molecule has 5 heteroatoms. The number of hydrogen-bond donors (Lipinski definition) is 1. The van der Waals surface area contributed by atoms with Crippen molar-refractivity contribution in [1.82, 2.24) is 4.98 Å². The van der Waals surface area contributed by atoms with Crippen molar-refractivity contribution >= 4 is 34.3 Å². The van der Waals surface area contributed by atoms with E-state index in [9.17, 15) is 4.79 Å². The van der Waals surface area contributed by atoms with Crippen LogP contribution in [0.25, 0.3) is 22.6 Å². The lowest BCUT2D eigenvalue weighted by molar-refractivity contribution is 0.102. The molecular formula is C22H17ClN2O2. The Morgan fingerprint density at radius 1 is 1.00 bits per heavy atom. The summed E-state index contributed by atoms with van der Waals surface area (Å²) in [4.78, 5) is 17.0. The van der Waals surface area contributed by atoms with Crippen LogP contribution < -0.4 is 5.32 Å². The second-order valence-electron chi connectivity index (χ2n) is 6.47. The number of aromatic nitrogens is 1. The van der Waals surface area contributed by atoms with Gasteiger partial charge in [0.25, 0.3) is 5.91 Å². The number of carbonyl (C=O) groups excluding carboxylic acids is 1. The summed E-state index contributed by atoms with van der Waals surface area (Å²) in [6.07, 6.45) is 0. The first-order valence-electron chi connectivity index (χ1n) is 8.55. The summed E-state index contributed by atoms with van der Waals surface area (Å²) in [7, 11) is 0. The maximum Gasteiger partial charge on any atom is 0.255 e. The fraction of sp³-hybridized carbons (Fsp3) is 0.0909. The predicted octanol–water partition coefficient (Wildman–Crippen LogP) is 6.02. The molecule has 0 saturated carbocycles. The molecule has 0 aliphatic heterocycles. The highest BCUT2D eigenvalue weighted by molar-refractivity contribution is 6.31. The van der Waals surface area contributed by atoms with Gasteiger partial charge in [0.1, 0.15) is 5.52 Å². The van der Waals surface area contributed by atoms with Crippen molar-refractivity contribution in [3.63, 3.8) is 0 Å². The van der Waals surface area contributed by atoms with Crippen molar-refractivity contribution < 1.29 is 9.21 Å². The first-order chi connectivity index (χ1) is 13.0. The molecule has 1 aromatic heterocycles. The summed E-state index contributed by atoms with van der Waals surface area (Å²) in [6, 6.07) is 18.3. The third-order valence-corrected chi connectivity index (χ3v) is 4.69. The zero-order chi connectivity index (χ0) is 19.0. The van der Waals surface area contributed by atoms with Crippen LogP contribution >= 0.6 is 11.6 Å². The lowest BCUT2D eigenvalue weighted by Crippen LogP contribution is -2.11. The van der Waals surface area contributed by atoms with Crippen LogP contribution in [0.3, 0.4) is 0 Å². The van der Waals surface area contributed by atoms with Crippen LogP contribution in [-0.2, 0) is 0 Å². The van der Waals surface area contributed by atoms with Crippen LogP contribution in [0.15, 0.2) is 65.1 Å². The number of nitrogens with zero attached hydrogens (tertiary/aromatic N) is 1. The van der Waals surface area contributed by atoms with E-state index < -0.39 is 0 Å². The van der Waals surface area contributed by atoms with Crippen LogP contribution in [0, 0.1) is 13.8 Å². The molecule has 0 fully saturated rings. The first kappa shape index (κ1) is 17.3. The van der Waals surface area contributed by atoms with E-state index in [1.54, 1.807) is 24.3 Å². The minimum absolute atomic E-state index is 0.224. The molecule has 0 atom stereocenters. The zero-order valence-corrected chi connectivity index (χ0v) is 15.7. The van der Waals surface area contributed by atoms with Crippen LogP contribution in [0.2, 0.25) is 5.02 Å². The van der Waals surface area contributed by atoms with Gasteiger partial charge in [-0.15, -0.1) is 0 Å². The second kappa shape index (κ2) is 6.89. The quantitative estimate of drug-likeness (QED) is 0.475. The number of oxazole rings is 1. The summed E-state index contributed by atoms with van der Waals surface area (Å²) in [5.74, 6) is 0.298. The molecule has 27 heavy (non-hydrogen) atoms. The highest BCUT2D eigenvalue weighted by atomic mass is 35.5. The van der Waals surface area contributed by atoms with Gasteiger partial charge < -0.3 is 9.73 Å². The van der Waals surface area contributed by atoms with Gasteiger partial charge in [0.15, 0.2) is 5.58 Å². The highest BCUT2D eigenvalue weighted by Crippen LogP contribution is 2.28. The van der Waals surface area contributed by atoms with Gasteiger partial charge in [0.05, 0.1) is 0 Å². The number of carbonyl (C=O) groups is 1. The van der Waals surface area contributed by atoms with Crippen LogP contribution in [-0.4, -0.2) is 10.9 Å². The van der Waals surface area contributed by atoms with Gasteiger partial charge in [-0.05, 0) is 73.5 Å². The highest BCUT2D eigenvalue weighted by Gasteiger charge is 2.12. The Kier molecular flexibility index (Phi) is 4.42. The molecule has 1 N–H and O–H groups in total. The van der Waals surface area contributed by atoms with E-state index in [-0.39, 0.29) is 5.91 Å². The maximum atomic E-state index is 12.4. The summed E-state index contributed by atoms with van der Waals surface area (Å²) in [5.41, 5.74) is 5.86. The second-order valence-corrected chi connectivity index (χ2v) is 6.90. The SMILES string of the molecule is Cc1cc2nc(-c3cccc(NC(=O)c4cccc(Cl)c4)c3)oc2cc1C. The molecule has 0 spiro atoms. The van der Waals surface area contributed by atoms with Gasteiger partial charge in [-0.3, -0.25) is 4.79 Å². The van der Waals surface area contributed by atoms with Crippen molar-refractivity contribution in [2.75, 3.05) is 5.32 Å². The Morgan fingerprint density at radius 2 is 1.78 bits per heavy atom. The van der Waals surface area contributed by atoms with Gasteiger partial charge in [-0.2, -0.15) is 0 Å². The number of amides is 1. The standard InChI is InChI=1S/C22H17ClN2O2/c1-13-9-19-20(10-14(13)2)27-22(25-19)16-6-4-8-18(12-16)24-21(26)15-5-3-7-17(23)11-15/h3-12H,1-2H3,(H,24,26). The minimum atomic E-state index is -0.224. The number of nitrogens with one attached hydrogen (secondary N) is 1. The van der Waals surface area contributed by atoms with Crippen molar-refractivity contribution in [1.29, 1.82) is 0 Å². The van der Waals surface area contributed by atoms with Gasteiger partial charge >= 0.3 is 0 Å². The summed E-state index contributed by atoms with van der Waals surface area (Å²) in [5, 5.41) is 3.40. The molecule has 4 rings (SSSR count). The number of rotatable bonds is 3. The van der Waals surface area contributed by atoms with Gasteiger partial charge in [-0.1, -0.05) is 23.7 Å². The molecule has 3 aromatic carbocycles. The molecule has 0 bridgehead atoms. The summed E-state index contributed by atoms with van der Waals surface area (Å²) >= 11 is 5.96. The van der Waals surface area contributed by atoms with Gasteiger partial charge in [0.2, 0.25) is 5.89 Å². The van der Waals surface area contributed by atoms with Crippen LogP contribution in [0.1, 0.15) is 21.5 Å². The van der Waals surface area contributed by atoms with E-state index in [1.165, 1.54) is 5.56 Å². The largest absolute Gasteiger partial charge is 0.436 e. The fourth-order valence-corrected chi connectivity index (χ4v) is 3.06. The Balaban J connectivity index is 1.63. The Hall–Kier alpha value is -3.11. The molecule has 4 aromatic rings. The van der Waals surface area contributed by atoms with Crippen molar-refractivity contribution in [3.05, 3.63) is 82.4 Å². The van der Waals surface area contributed by atoms with E-state index >= 15 is 0 Å². The Bertz CT molecular complexity index is 1130. The normalized spacial score (nSPS) is 10.9. The Labute approximate surface area is 161 Å². The van der Waals surface area contributed by atoms with Crippen molar-refractivity contribution in [3.8, 4) is 11.5 Å². The van der Waals surface area contributed by atoms with Crippen molar-refractivity contribution in [2.45, 2.75) is 13.8 Å². The van der Waals surface area contributed by atoms with Gasteiger partial charge in [-0.25, -0.2) is 4.98 Å². The van der Waals surface area contributed by atoms with Crippen molar-refractivity contribution in [2.24, 2.45) is 0 Å². The first-order valence-corrected chi connectivity index (χ1v) is 8.92. The third kappa shape index (κ3) is 3.57. The monoisotopic (exact) mass is 376 g/mol. The topological polar surface area (TPSA) is 55.1 Å². The van der Waals surface area contributed by atoms with Crippen LogP contribution in [0.5, 0.6) is 0 Å². The number of halogens is 1. The molecular weight excluding hydrogens is 360 g/mol. The Morgan fingerprint density at radius 3 is 2.59 bits per heavy atom. The van der Waals surface area contributed by atoms with Crippen LogP contribution in [0.4, 0.5) is 5.69 Å². The molecule has 134 valence electrons. The molecule has 0 aliphatic rings. The molecule has 0 radical (unpaired) electrons. The third-order valence-electron chi connectivity index (χ3n) is 4.46. The maximum absolute atomic E-state index is 12.4. The van der Waals surface area contributed by atoms with E-state index in [2.05, 4.69) is 17.2 Å². The predicted molar refractivity (Wildman–Crippen MR) is 108 cm³/mol. The van der Waals surface area contributed by atoms with E-state index in [0.717, 1.165) is 22.2 Å². The smallest absolute Gasteiger partial charge is 0.255 e. The fourth-order valence-electron chi connectivity index (χ4n) is 2.87. The number of anilines is 1. The summed E-state index contributed by atoms with van der Waals surface area (Å²) in [6.45, 7) is 4.10. The van der Waals surface area contributed by atoms with Gasteiger partial charge in [0, 0.05) is 21.8 Å². The van der Waals surface area contributed by atoms with E-state index in [0.29, 0.717) is 22.2 Å². The number of benzene rings is 3. The molecule has 0 unspecified atom stereocenters.